The summed E-state index contributed by atoms with van der Waals surface area (Å²) in [5, 5.41) is 11.9. The van der Waals surface area contributed by atoms with Crippen molar-refractivity contribution in [1.82, 2.24) is 0 Å². The number of anilines is 1. The third-order valence-electron chi connectivity index (χ3n) is 1.97. The fourth-order valence-corrected chi connectivity index (χ4v) is 1.46. The molecule has 4 nitrogen and oxygen atoms in total. The molecule has 0 aliphatic rings. The Bertz CT molecular complexity index is 444. The number of rotatable bonds is 4. The third kappa shape index (κ3) is 3.06. The van der Waals surface area contributed by atoms with Crippen LogP contribution in [0, 0.1) is 0 Å². The molecule has 1 rings (SSSR count). The largest absolute Gasteiger partial charge is 0.478 e. The lowest BCUT2D eigenvalue weighted by molar-refractivity contribution is 0.0696. The molecule has 0 spiro atoms. The van der Waals surface area contributed by atoms with E-state index in [2.05, 4.69) is 11.9 Å². The first-order valence-electron chi connectivity index (χ1n) is 4.58. The summed E-state index contributed by atoms with van der Waals surface area (Å²) >= 11 is 4.70. The van der Waals surface area contributed by atoms with E-state index in [-0.39, 0.29) is 10.7 Å². The van der Waals surface area contributed by atoms with E-state index in [1.165, 1.54) is 6.07 Å². The van der Waals surface area contributed by atoms with Crippen molar-refractivity contribution in [3.05, 3.63) is 42.0 Å². The second kappa shape index (κ2) is 5.27. The first kappa shape index (κ1) is 12.2. The molecule has 1 aromatic carbocycles. The summed E-state index contributed by atoms with van der Waals surface area (Å²) in [5.41, 5.74) is 6.93. The van der Waals surface area contributed by atoms with Gasteiger partial charge in [-0.25, -0.2) is 4.79 Å². The van der Waals surface area contributed by atoms with Crippen molar-refractivity contribution in [2.75, 3.05) is 5.32 Å². The molecule has 0 bridgehead atoms. The van der Waals surface area contributed by atoms with Gasteiger partial charge in [0.25, 0.3) is 0 Å². The van der Waals surface area contributed by atoms with E-state index >= 15 is 0 Å². The zero-order chi connectivity index (χ0) is 12.1. The number of thiocarbonyl (C=S) groups is 1. The summed E-state index contributed by atoms with van der Waals surface area (Å²) in [6.07, 6.45) is 2.13. The molecule has 1 aromatic rings. The number of carbonyl (C=O) groups is 1. The van der Waals surface area contributed by atoms with Gasteiger partial charge < -0.3 is 16.2 Å². The minimum Gasteiger partial charge on any atom is -0.478 e. The summed E-state index contributed by atoms with van der Waals surface area (Å²) in [5.74, 6) is -0.960. The number of hydrogen-bond donors (Lipinski definition) is 3. The number of allylic oxidation sites excluding steroid dienone is 1. The minimum absolute atomic E-state index is 0.146. The first-order chi connectivity index (χ1) is 7.54. The van der Waals surface area contributed by atoms with E-state index in [1.807, 2.05) is 0 Å². The van der Waals surface area contributed by atoms with Crippen LogP contribution in [0.15, 0.2) is 30.9 Å². The van der Waals surface area contributed by atoms with Gasteiger partial charge in [-0.05, 0) is 42.4 Å². The Morgan fingerprint density at radius 2 is 2.31 bits per heavy atom. The number of carboxylic acid groups (broad SMARTS) is 1. The normalized spacial score (nSPS) is 9.50. The van der Waals surface area contributed by atoms with Gasteiger partial charge >= 0.3 is 5.97 Å². The highest BCUT2D eigenvalue weighted by molar-refractivity contribution is 7.80. The Hall–Kier alpha value is -1.88. The molecule has 0 unspecified atom stereocenters. The van der Waals surface area contributed by atoms with Crippen LogP contribution in [0.1, 0.15) is 15.9 Å². The van der Waals surface area contributed by atoms with E-state index in [0.29, 0.717) is 17.7 Å². The van der Waals surface area contributed by atoms with Crippen molar-refractivity contribution < 1.29 is 9.90 Å². The van der Waals surface area contributed by atoms with Crippen LogP contribution in [0.4, 0.5) is 5.69 Å². The van der Waals surface area contributed by atoms with Crippen LogP contribution < -0.4 is 11.1 Å². The molecule has 16 heavy (non-hydrogen) atoms. The Morgan fingerprint density at radius 3 is 2.81 bits per heavy atom. The predicted octanol–water partition coefficient (Wildman–Crippen LogP) is 1.77. The molecular weight excluding hydrogens is 224 g/mol. The molecule has 0 aliphatic carbocycles. The Balaban J connectivity index is 3.11. The molecular formula is C11H12N2O2S. The van der Waals surface area contributed by atoms with Gasteiger partial charge in [-0.1, -0.05) is 6.08 Å². The minimum atomic E-state index is -0.960. The summed E-state index contributed by atoms with van der Waals surface area (Å²) in [7, 11) is 0. The maximum Gasteiger partial charge on any atom is 0.335 e. The second-order valence-corrected chi connectivity index (χ2v) is 3.60. The molecule has 0 fully saturated rings. The quantitative estimate of drug-likeness (QED) is 0.548. The number of carboxylic acids is 1. The fourth-order valence-electron chi connectivity index (χ4n) is 1.35. The molecule has 0 heterocycles. The van der Waals surface area contributed by atoms with Gasteiger partial charge in [0, 0.05) is 5.69 Å². The first-order valence-corrected chi connectivity index (χ1v) is 4.99. The molecule has 0 atom stereocenters. The average Bonchev–Trinajstić information content (AvgIpc) is 2.17. The maximum atomic E-state index is 10.9. The van der Waals surface area contributed by atoms with Gasteiger partial charge in [0.05, 0.1) is 5.56 Å². The summed E-state index contributed by atoms with van der Waals surface area (Å²) in [6, 6.07) is 4.83. The van der Waals surface area contributed by atoms with Crippen LogP contribution in [0.5, 0.6) is 0 Å². The molecule has 0 saturated carbocycles. The number of nitrogens with one attached hydrogen (secondary N) is 1. The van der Waals surface area contributed by atoms with Gasteiger partial charge in [0.2, 0.25) is 0 Å². The monoisotopic (exact) mass is 236 g/mol. The van der Waals surface area contributed by atoms with E-state index < -0.39 is 5.97 Å². The van der Waals surface area contributed by atoms with E-state index in [4.69, 9.17) is 23.1 Å². The van der Waals surface area contributed by atoms with Crippen molar-refractivity contribution in [2.45, 2.75) is 6.42 Å². The van der Waals surface area contributed by atoms with Crippen molar-refractivity contribution in [3.63, 3.8) is 0 Å². The lowest BCUT2D eigenvalue weighted by atomic mass is 10.0. The van der Waals surface area contributed by atoms with Crippen LogP contribution in [0.3, 0.4) is 0 Å². The van der Waals surface area contributed by atoms with Crippen LogP contribution in [-0.4, -0.2) is 16.2 Å². The van der Waals surface area contributed by atoms with Gasteiger partial charge in [0.15, 0.2) is 5.11 Å². The zero-order valence-electron chi connectivity index (χ0n) is 8.56. The lowest BCUT2D eigenvalue weighted by Crippen LogP contribution is -2.19. The van der Waals surface area contributed by atoms with Gasteiger partial charge in [0.1, 0.15) is 0 Å². The highest BCUT2D eigenvalue weighted by Gasteiger charge is 2.09. The van der Waals surface area contributed by atoms with E-state index in [9.17, 15) is 4.79 Å². The van der Waals surface area contributed by atoms with Crippen molar-refractivity contribution >= 4 is 29.0 Å². The molecule has 0 aliphatic heterocycles. The predicted molar refractivity (Wildman–Crippen MR) is 67.7 cm³/mol. The van der Waals surface area contributed by atoms with Gasteiger partial charge in [-0.2, -0.15) is 0 Å². The van der Waals surface area contributed by atoms with E-state index in [0.717, 1.165) is 0 Å². The summed E-state index contributed by atoms with van der Waals surface area (Å²) in [6.45, 7) is 3.58. The van der Waals surface area contributed by atoms with Crippen LogP contribution in [-0.2, 0) is 6.42 Å². The smallest absolute Gasteiger partial charge is 0.335 e. The Morgan fingerprint density at radius 1 is 1.62 bits per heavy atom. The van der Waals surface area contributed by atoms with Crippen molar-refractivity contribution in [2.24, 2.45) is 5.73 Å². The zero-order valence-corrected chi connectivity index (χ0v) is 9.38. The van der Waals surface area contributed by atoms with Crippen molar-refractivity contribution in [3.8, 4) is 0 Å². The van der Waals surface area contributed by atoms with Crippen LogP contribution >= 0.6 is 12.2 Å². The number of nitrogens with two attached hydrogens (primary N) is 1. The van der Waals surface area contributed by atoms with Gasteiger partial charge in [-0.15, -0.1) is 6.58 Å². The Labute approximate surface area is 98.8 Å². The van der Waals surface area contributed by atoms with E-state index in [1.54, 1.807) is 18.2 Å². The third-order valence-corrected chi connectivity index (χ3v) is 2.07. The maximum absolute atomic E-state index is 10.9. The van der Waals surface area contributed by atoms with Crippen LogP contribution in [0.2, 0.25) is 0 Å². The van der Waals surface area contributed by atoms with Gasteiger partial charge in [-0.3, -0.25) is 0 Å². The fraction of sp³-hybridized carbons (Fsp3) is 0.0909. The van der Waals surface area contributed by atoms with Crippen LogP contribution in [0.25, 0.3) is 0 Å². The molecule has 0 saturated heterocycles. The number of benzene rings is 1. The highest BCUT2D eigenvalue weighted by atomic mass is 32.1. The summed E-state index contributed by atoms with van der Waals surface area (Å²) < 4.78 is 0. The molecule has 0 radical (unpaired) electrons. The molecule has 84 valence electrons. The topological polar surface area (TPSA) is 75.3 Å². The molecule has 4 N–H and O–H groups in total. The molecule has 0 amide bonds. The van der Waals surface area contributed by atoms with Crippen molar-refractivity contribution in [1.29, 1.82) is 0 Å². The SMILES string of the molecule is C=CCc1cc(NC(N)=S)ccc1C(=O)O. The standard InChI is InChI=1S/C11H12N2O2S/c1-2-3-7-6-8(13-11(12)16)4-5-9(7)10(14)15/h2,4-6H,1,3H2,(H,14,15)(H3,12,13,16). The second-order valence-electron chi connectivity index (χ2n) is 3.16. The summed E-state index contributed by atoms with van der Waals surface area (Å²) in [4.78, 5) is 10.9. The molecule has 5 heteroatoms. The number of aromatic carboxylic acids is 1. The highest BCUT2D eigenvalue weighted by Crippen LogP contribution is 2.17. The number of hydrogen-bond acceptors (Lipinski definition) is 2. The molecule has 0 aromatic heterocycles. The Kier molecular flexibility index (Phi) is 4.02. The average molecular weight is 236 g/mol. The lowest BCUT2D eigenvalue weighted by Gasteiger charge is -2.08.